The van der Waals surface area contributed by atoms with Crippen molar-refractivity contribution in [3.8, 4) is 5.75 Å². The lowest BCUT2D eigenvalue weighted by molar-refractivity contribution is -0.134. The normalized spacial score (nSPS) is 15.4. The third kappa shape index (κ3) is 4.55. The molecule has 2 aromatic carbocycles. The molecule has 5 nitrogen and oxygen atoms in total. The second-order valence-corrected chi connectivity index (χ2v) is 7.56. The first-order chi connectivity index (χ1) is 13.3. The van der Waals surface area contributed by atoms with Crippen molar-refractivity contribution in [3.05, 3.63) is 70.9 Å². The minimum Gasteiger partial charge on any atom is -0.427 e. The third-order valence-corrected chi connectivity index (χ3v) is 4.32. The summed E-state index contributed by atoms with van der Waals surface area (Å²) in [7, 11) is 0. The van der Waals surface area contributed by atoms with Gasteiger partial charge in [-0.1, -0.05) is 52.0 Å². The van der Waals surface area contributed by atoms with E-state index in [-0.39, 0.29) is 17.1 Å². The van der Waals surface area contributed by atoms with Gasteiger partial charge in [-0.05, 0) is 46.9 Å². The Morgan fingerprint density at radius 1 is 1.07 bits per heavy atom. The Morgan fingerprint density at radius 3 is 2.29 bits per heavy atom. The number of aliphatic imine (C=N–C) groups is 1. The van der Waals surface area contributed by atoms with Crippen LogP contribution in [0, 0.1) is 0 Å². The Labute approximate surface area is 164 Å². The lowest BCUT2D eigenvalue weighted by Crippen LogP contribution is -2.11. The molecule has 2 aromatic rings. The molecule has 0 bridgehead atoms. The van der Waals surface area contributed by atoms with Gasteiger partial charge in [0.15, 0.2) is 5.70 Å². The van der Waals surface area contributed by atoms with E-state index in [1.54, 1.807) is 37.3 Å². The van der Waals surface area contributed by atoms with Crippen LogP contribution < -0.4 is 4.74 Å². The van der Waals surface area contributed by atoms with E-state index < -0.39 is 5.97 Å². The van der Waals surface area contributed by atoms with Gasteiger partial charge in [0.1, 0.15) is 5.75 Å². The quantitative estimate of drug-likeness (QED) is 0.442. The Morgan fingerprint density at radius 2 is 1.71 bits per heavy atom. The average Bonchev–Trinajstić information content (AvgIpc) is 3.03. The van der Waals surface area contributed by atoms with E-state index in [0.29, 0.717) is 18.1 Å². The molecule has 0 unspecified atom stereocenters. The summed E-state index contributed by atoms with van der Waals surface area (Å²) in [6.45, 7) is 8.17. The Balaban J connectivity index is 1.78. The van der Waals surface area contributed by atoms with Gasteiger partial charge in [0.25, 0.3) is 0 Å². The fraction of sp³-hybridized carbons (Fsp3) is 0.261. The molecule has 3 rings (SSSR count). The zero-order valence-corrected chi connectivity index (χ0v) is 16.5. The van der Waals surface area contributed by atoms with E-state index >= 15 is 0 Å². The molecule has 28 heavy (non-hydrogen) atoms. The Bertz CT molecular complexity index is 946. The van der Waals surface area contributed by atoms with Gasteiger partial charge in [0.2, 0.25) is 5.90 Å². The van der Waals surface area contributed by atoms with Crippen molar-refractivity contribution in [1.82, 2.24) is 0 Å². The van der Waals surface area contributed by atoms with E-state index in [4.69, 9.17) is 9.47 Å². The van der Waals surface area contributed by atoms with Crippen LogP contribution in [-0.4, -0.2) is 17.8 Å². The maximum Gasteiger partial charge on any atom is 0.363 e. The number of ether oxygens (including phenoxy) is 2. The van der Waals surface area contributed by atoms with Gasteiger partial charge < -0.3 is 9.47 Å². The summed E-state index contributed by atoms with van der Waals surface area (Å²) in [6, 6.07) is 14.7. The van der Waals surface area contributed by atoms with E-state index in [2.05, 4.69) is 25.8 Å². The number of esters is 2. The van der Waals surface area contributed by atoms with Gasteiger partial charge in [-0.25, -0.2) is 9.79 Å². The van der Waals surface area contributed by atoms with Crippen LogP contribution in [0.15, 0.2) is 59.2 Å². The zero-order valence-electron chi connectivity index (χ0n) is 16.5. The predicted octanol–water partition coefficient (Wildman–Crippen LogP) is 4.64. The maximum atomic E-state index is 12.2. The number of hydrogen-bond donors (Lipinski definition) is 0. The summed E-state index contributed by atoms with van der Waals surface area (Å²) in [5.41, 5.74) is 2.99. The van der Waals surface area contributed by atoms with Crippen molar-refractivity contribution in [3.63, 3.8) is 0 Å². The van der Waals surface area contributed by atoms with Crippen molar-refractivity contribution < 1.29 is 19.1 Å². The smallest absolute Gasteiger partial charge is 0.363 e. The van der Waals surface area contributed by atoms with Crippen LogP contribution in [0.3, 0.4) is 0 Å². The summed E-state index contributed by atoms with van der Waals surface area (Å²) >= 11 is 0. The van der Waals surface area contributed by atoms with Gasteiger partial charge in [0, 0.05) is 12.0 Å². The van der Waals surface area contributed by atoms with Gasteiger partial charge in [0.05, 0.1) is 0 Å². The molecule has 0 N–H and O–H groups in total. The van der Waals surface area contributed by atoms with Crippen LogP contribution in [-0.2, 0) is 19.7 Å². The van der Waals surface area contributed by atoms with E-state index in [9.17, 15) is 9.59 Å². The van der Waals surface area contributed by atoms with Crippen LogP contribution in [0.1, 0.15) is 50.8 Å². The van der Waals surface area contributed by atoms with Crippen molar-refractivity contribution in [1.29, 1.82) is 0 Å². The molecule has 0 saturated carbocycles. The van der Waals surface area contributed by atoms with Gasteiger partial charge in [-0.15, -0.1) is 0 Å². The first kappa shape index (κ1) is 19.5. The summed E-state index contributed by atoms with van der Waals surface area (Å²) in [6.07, 6.45) is 1.95. The molecular formula is C23H23NO4. The number of benzene rings is 2. The molecule has 0 amide bonds. The topological polar surface area (TPSA) is 65.0 Å². The van der Waals surface area contributed by atoms with Crippen molar-refractivity contribution in [2.45, 2.75) is 39.5 Å². The number of nitrogens with zero attached hydrogens (tertiary/aromatic N) is 1. The molecule has 0 radical (unpaired) electrons. The largest absolute Gasteiger partial charge is 0.427 e. The third-order valence-electron chi connectivity index (χ3n) is 4.32. The van der Waals surface area contributed by atoms with E-state index in [1.807, 2.05) is 24.3 Å². The van der Waals surface area contributed by atoms with Crippen molar-refractivity contribution >= 4 is 23.9 Å². The summed E-state index contributed by atoms with van der Waals surface area (Å²) in [5.74, 6) is -0.0232. The van der Waals surface area contributed by atoms with Crippen LogP contribution in [0.2, 0.25) is 0 Å². The van der Waals surface area contributed by atoms with Crippen molar-refractivity contribution in [2.75, 3.05) is 0 Å². The predicted molar refractivity (Wildman–Crippen MR) is 108 cm³/mol. The molecule has 1 aliphatic heterocycles. The molecule has 0 saturated heterocycles. The number of carbonyl (C=O) groups excluding carboxylic acids is 2. The molecule has 144 valence electrons. The number of hydrogen-bond acceptors (Lipinski definition) is 5. The highest BCUT2D eigenvalue weighted by Crippen LogP contribution is 2.24. The minimum absolute atomic E-state index is 0.0510. The standard InChI is InChI=1S/C23H23NO4/c1-5-20(25)27-18-12-6-15(7-13-18)14-19-22(26)28-21(24-19)16-8-10-17(11-9-16)23(2,3)4/h6-14H,5H2,1-4H3/b19-14-. The number of carbonyl (C=O) groups is 2. The van der Waals surface area contributed by atoms with E-state index in [1.165, 1.54) is 5.56 Å². The molecule has 0 atom stereocenters. The fourth-order valence-corrected chi connectivity index (χ4v) is 2.64. The highest BCUT2D eigenvalue weighted by molar-refractivity contribution is 6.12. The van der Waals surface area contributed by atoms with Gasteiger partial charge >= 0.3 is 11.9 Å². The average molecular weight is 377 g/mol. The number of cyclic esters (lactones) is 1. The first-order valence-electron chi connectivity index (χ1n) is 9.20. The maximum absolute atomic E-state index is 12.2. The minimum atomic E-state index is -0.489. The molecular weight excluding hydrogens is 354 g/mol. The van der Waals surface area contributed by atoms with Crippen molar-refractivity contribution in [2.24, 2.45) is 4.99 Å². The van der Waals surface area contributed by atoms with E-state index in [0.717, 1.165) is 11.1 Å². The monoisotopic (exact) mass is 377 g/mol. The molecule has 0 fully saturated rings. The SMILES string of the molecule is CCC(=O)Oc1ccc(/C=C2\N=C(c3ccc(C(C)(C)C)cc3)OC2=O)cc1. The molecule has 0 aliphatic carbocycles. The molecule has 1 aliphatic rings. The summed E-state index contributed by atoms with van der Waals surface area (Å²) < 4.78 is 10.5. The Hall–Kier alpha value is -3.21. The molecule has 5 heteroatoms. The number of rotatable bonds is 4. The van der Waals surface area contributed by atoms with Crippen LogP contribution in [0.4, 0.5) is 0 Å². The second kappa shape index (κ2) is 7.80. The molecule has 0 aromatic heterocycles. The van der Waals surface area contributed by atoms with Crippen LogP contribution in [0.5, 0.6) is 5.75 Å². The second-order valence-electron chi connectivity index (χ2n) is 7.56. The van der Waals surface area contributed by atoms with Crippen LogP contribution in [0.25, 0.3) is 6.08 Å². The lowest BCUT2D eigenvalue weighted by atomic mass is 9.87. The van der Waals surface area contributed by atoms with Gasteiger partial charge in [-0.3, -0.25) is 4.79 Å². The van der Waals surface area contributed by atoms with Gasteiger partial charge in [-0.2, -0.15) is 0 Å². The highest BCUT2D eigenvalue weighted by atomic mass is 16.6. The fourth-order valence-electron chi connectivity index (χ4n) is 2.64. The molecule has 1 heterocycles. The highest BCUT2D eigenvalue weighted by Gasteiger charge is 2.24. The summed E-state index contributed by atoms with van der Waals surface area (Å²) in [5, 5.41) is 0. The molecule has 0 spiro atoms. The first-order valence-corrected chi connectivity index (χ1v) is 9.20. The summed E-state index contributed by atoms with van der Waals surface area (Å²) in [4.78, 5) is 27.8. The van der Waals surface area contributed by atoms with Crippen LogP contribution >= 0.6 is 0 Å². The zero-order chi connectivity index (χ0) is 20.3. The Kier molecular flexibility index (Phi) is 5.45. The lowest BCUT2D eigenvalue weighted by Gasteiger charge is -2.18.